The number of benzene rings is 1. The number of carbonyl (C=O) groups is 1. The van der Waals surface area contributed by atoms with Crippen LogP contribution in [-0.4, -0.2) is 40.4 Å². The van der Waals surface area contributed by atoms with Crippen molar-refractivity contribution < 1.29 is 9.90 Å². The molecule has 2 atom stereocenters. The van der Waals surface area contributed by atoms with Gasteiger partial charge in [0, 0.05) is 23.1 Å². The van der Waals surface area contributed by atoms with Crippen LogP contribution in [0.2, 0.25) is 0 Å². The Balaban J connectivity index is 1.80. The molecular formula is C16H21NO2S. The highest BCUT2D eigenvalue weighted by Gasteiger charge is 2.47. The highest BCUT2D eigenvalue weighted by molar-refractivity contribution is 7.99. The summed E-state index contributed by atoms with van der Waals surface area (Å²) in [7, 11) is 0. The van der Waals surface area contributed by atoms with Crippen molar-refractivity contribution in [2.24, 2.45) is 0 Å². The number of nitrogens with zero attached hydrogens (tertiary/aromatic N) is 1. The van der Waals surface area contributed by atoms with E-state index in [1.165, 1.54) is 10.5 Å². The minimum absolute atomic E-state index is 0.472. The first-order valence-corrected chi connectivity index (χ1v) is 8.36. The van der Waals surface area contributed by atoms with Crippen molar-refractivity contribution in [3.63, 3.8) is 0 Å². The van der Waals surface area contributed by atoms with Crippen LogP contribution in [0.15, 0.2) is 29.2 Å². The summed E-state index contributed by atoms with van der Waals surface area (Å²) in [5.41, 5.74) is 0.780. The second kappa shape index (κ2) is 5.41. The molecule has 0 saturated carbocycles. The lowest BCUT2D eigenvalue weighted by Crippen LogP contribution is -2.51. The molecule has 3 nitrogen and oxygen atoms in total. The van der Waals surface area contributed by atoms with E-state index in [1.54, 1.807) is 0 Å². The van der Waals surface area contributed by atoms with Crippen molar-refractivity contribution in [3.8, 4) is 0 Å². The number of thioether (sulfide) groups is 1. The molecule has 2 aliphatic heterocycles. The third-order valence-corrected chi connectivity index (χ3v) is 6.10. The summed E-state index contributed by atoms with van der Waals surface area (Å²) in [5, 5.41) is 9.66. The number of hydrogen-bond acceptors (Lipinski definition) is 3. The van der Waals surface area contributed by atoms with Gasteiger partial charge in [0.1, 0.15) is 5.54 Å². The predicted octanol–water partition coefficient (Wildman–Crippen LogP) is 3.21. The fraction of sp³-hybridized carbons (Fsp3) is 0.562. The third kappa shape index (κ3) is 2.15. The molecule has 1 aromatic rings. The Morgan fingerprint density at radius 2 is 2.30 bits per heavy atom. The minimum Gasteiger partial charge on any atom is -0.480 e. The Morgan fingerprint density at radius 1 is 1.50 bits per heavy atom. The monoisotopic (exact) mass is 291 g/mol. The van der Waals surface area contributed by atoms with E-state index in [4.69, 9.17) is 0 Å². The molecule has 108 valence electrons. The van der Waals surface area contributed by atoms with Crippen LogP contribution < -0.4 is 0 Å². The zero-order chi connectivity index (χ0) is 14.2. The van der Waals surface area contributed by atoms with E-state index >= 15 is 0 Å². The van der Waals surface area contributed by atoms with Crippen LogP contribution in [0, 0.1) is 0 Å². The fourth-order valence-electron chi connectivity index (χ4n) is 3.64. The van der Waals surface area contributed by atoms with Crippen LogP contribution >= 0.6 is 11.8 Å². The first-order chi connectivity index (χ1) is 9.67. The third-order valence-electron chi connectivity index (χ3n) is 4.85. The van der Waals surface area contributed by atoms with Gasteiger partial charge in [-0.15, -0.1) is 11.8 Å². The maximum absolute atomic E-state index is 11.7. The van der Waals surface area contributed by atoms with E-state index < -0.39 is 11.5 Å². The number of fused-ring (bicyclic) bond motifs is 1. The molecule has 3 rings (SSSR count). The van der Waals surface area contributed by atoms with Crippen molar-refractivity contribution in [1.82, 2.24) is 4.90 Å². The number of rotatable bonds is 4. The molecule has 0 amide bonds. The van der Waals surface area contributed by atoms with E-state index in [-0.39, 0.29) is 0 Å². The number of aliphatic carboxylic acids is 1. The molecule has 2 heterocycles. The van der Waals surface area contributed by atoms with Gasteiger partial charge in [-0.1, -0.05) is 25.1 Å². The molecule has 1 saturated heterocycles. The van der Waals surface area contributed by atoms with Gasteiger partial charge in [-0.05, 0) is 37.4 Å². The van der Waals surface area contributed by atoms with Crippen molar-refractivity contribution in [2.75, 3.05) is 18.8 Å². The van der Waals surface area contributed by atoms with E-state index in [0.29, 0.717) is 12.3 Å². The molecule has 1 fully saturated rings. The smallest absolute Gasteiger partial charge is 0.324 e. The summed E-state index contributed by atoms with van der Waals surface area (Å²) >= 11 is 1.90. The van der Waals surface area contributed by atoms with Crippen LogP contribution in [0.3, 0.4) is 0 Å². The van der Waals surface area contributed by atoms with Crippen LogP contribution in [-0.2, 0) is 4.79 Å². The van der Waals surface area contributed by atoms with Gasteiger partial charge in [-0.25, -0.2) is 0 Å². The molecule has 0 aromatic heterocycles. The molecule has 1 aromatic carbocycles. The largest absolute Gasteiger partial charge is 0.480 e. The Bertz CT molecular complexity index is 519. The highest BCUT2D eigenvalue weighted by Crippen LogP contribution is 2.42. The summed E-state index contributed by atoms with van der Waals surface area (Å²) in [6.45, 7) is 3.80. The lowest BCUT2D eigenvalue weighted by Gasteiger charge is -2.35. The standard InChI is InChI=1S/C16H21NO2S/c1-2-16(15(18)19)8-5-9-17(16)10-12-11-20-14-7-4-3-6-13(12)14/h3-4,6-7,12H,2,5,8-11H2,1H3,(H,18,19). The van der Waals surface area contributed by atoms with Gasteiger partial charge in [0.2, 0.25) is 0 Å². The number of carboxylic acid groups (broad SMARTS) is 1. The SMILES string of the molecule is CCC1(C(=O)O)CCCN1CC1CSc2ccccc21. The van der Waals surface area contributed by atoms with Crippen molar-refractivity contribution in [1.29, 1.82) is 0 Å². The second-order valence-electron chi connectivity index (χ2n) is 5.79. The summed E-state index contributed by atoms with van der Waals surface area (Å²) in [6.07, 6.45) is 2.49. The summed E-state index contributed by atoms with van der Waals surface area (Å²) in [5.74, 6) is 0.908. The van der Waals surface area contributed by atoms with Crippen molar-refractivity contribution >= 4 is 17.7 Å². The summed E-state index contributed by atoms with van der Waals surface area (Å²) in [4.78, 5) is 15.3. The maximum atomic E-state index is 11.7. The van der Waals surface area contributed by atoms with Gasteiger partial charge in [-0.3, -0.25) is 9.69 Å². The molecule has 0 radical (unpaired) electrons. The number of carboxylic acids is 1. The fourth-order valence-corrected chi connectivity index (χ4v) is 4.88. The maximum Gasteiger partial charge on any atom is 0.324 e. The Hall–Kier alpha value is -1.00. The number of hydrogen-bond donors (Lipinski definition) is 1. The van der Waals surface area contributed by atoms with E-state index in [0.717, 1.165) is 31.7 Å². The predicted molar refractivity (Wildman–Crippen MR) is 81.4 cm³/mol. The summed E-state index contributed by atoms with van der Waals surface area (Å²) in [6, 6.07) is 8.54. The Labute approximate surface area is 124 Å². The van der Waals surface area contributed by atoms with Crippen LogP contribution in [0.4, 0.5) is 0 Å². The molecule has 0 aliphatic carbocycles. The molecule has 0 bridgehead atoms. The van der Waals surface area contributed by atoms with E-state index in [1.807, 2.05) is 18.7 Å². The van der Waals surface area contributed by atoms with Gasteiger partial charge in [0.15, 0.2) is 0 Å². The second-order valence-corrected chi connectivity index (χ2v) is 6.85. The van der Waals surface area contributed by atoms with Gasteiger partial charge in [0.05, 0.1) is 0 Å². The normalized spacial score (nSPS) is 29.6. The number of likely N-dealkylation sites (tertiary alicyclic amines) is 1. The first kappa shape index (κ1) is 14.0. The molecule has 20 heavy (non-hydrogen) atoms. The average molecular weight is 291 g/mol. The molecule has 2 unspecified atom stereocenters. The van der Waals surface area contributed by atoms with Crippen molar-refractivity contribution in [2.45, 2.75) is 42.5 Å². The van der Waals surface area contributed by atoms with Crippen molar-refractivity contribution in [3.05, 3.63) is 29.8 Å². The topological polar surface area (TPSA) is 40.5 Å². The van der Waals surface area contributed by atoms with Gasteiger partial charge in [-0.2, -0.15) is 0 Å². The average Bonchev–Trinajstić information content (AvgIpc) is 3.05. The lowest BCUT2D eigenvalue weighted by atomic mass is 9.91. The quantitative estimate of drug-likeness (QED) is 0.925. The molecular weight excluding hydrogens is 270 g/mol. The van der Waals surface area contributed by atoms with Crippen LogP contribution in [0.5, 0.6) is 0 Å². The Kier molecular flexibility index (Phi) is 3.78. The van der Waals surface area contributed by atoms with E-state index in [9.17, 15) is 9.90 Å². The van der Waals surface area contributed by atoms with Gasteiger partial charge >= 0.3 is 5.97 Å². The highest BCUT2D eigenvalue weighted by atomic mass is 32.2. The zero-order valence-electron chi connectivity index (χ0n) is 11.8. The van der Waals surface area contributed by atoms with Crippen LogP contribution in [0.1, 0.15) is 37.7 Å². The van der Waals surface area contributed by atoms with Crippen LogP contribution in [0.25, 0.3) is 0 Å². The molecule has 0 spiro atoms. The summed E-state index contributed by atoms with van der Waals surface area (Å²) < 4.78 is 0. The molecule has 1 N–H and O–H groups in total. The van der Waals surface area contributed by atoms with Gasteiger partial charge in [0.25, 0.3) is 0 Å². The lowest BCUT2D eigenvalue weighted by molar-refractivity contribution is -0.150. The molecule has 4 heteroatoms. The minimum atomic E-state index is -0.642. The first-order valence-electron chi connectivity index (χ1n) is 7.37. The van der Waals surface area contributed by atoms with Gasteiger partial charge < -0.3 is 5.11 Å². The zero-order valence-corrected chi connectivity index (χ0v) is 12.7. The molecule has 2 aliphatic rings. The van der Waals surface area contributed by atoms with E-state index in [2.05, 4.69) is 29.2 Å². The Morgan fingerprint density at radius 3 is 3.05 bits per heavy atom.